The van der Waals surface area contributed by atoms with Crippen LogP contribution in [0.3, 0.4) is 0 Å². The van der Waals surface area contributed by atoms with Gasteiger partial charge in [-0.2, -0.15) is 0 Å². The van der Waals surface area contributed by atoms with Crippen LogP contribution in [0.15, 0.2) is 12.5 Å². The highest BCUT2D eigenvalue weighted by Crippen LogP contribution is 2.21. The number of imidazole rings is 1. The van der Waals surface area contributed by atoms with E-state index < -0.39 is 0 Å². The molecule has 1 aliphatic heterocycles. The molecule has 1 saturated heterocycles. The largest absolute Gasteiger partial charge is 0.396 e. The topological polar surface area (TPSA) is 41.3 Å². The van der Waals surface area contributed by atoms with Crippen molar-refractivity contribution in [3.05, 3.63) is 18.2 Å². The minimum atomic E-state index is 0.298. The fourth-order valence-corrected chi connectivity index (χ4v) is 2.49. The van der Waals surface area contributed by atoms with Crippen LogP contribution < -0.4 is 0 Å². The second-order valence-corrected chi connectivity index (χ2v) is 4.63. The summed E-state index contributed by atoms with van der Waals surface area (Å²) in [7, 11) is 2.04. The molecule has 0 bridgehead atoms. The maximum atomic E-state index is 9.07. The number of aryl methyl sites for hydroxylation is 1. The van der Waals surface area contributed by atoms with Crippen LogP contribution in [0, 0.1) is 0 Å². The van der Waals surface area contributed by atoms with Crippen LogP contribution in [-0.4, -0.2) is 38.8 Å². The first-order valence-electron chi connectivity index (χ1n) is 6.11. The minimum absolute atomic E-state index is 0.298. The number of hydrogen-bond acceptors (Lipinski definition) is 3. The Balaban J connectivity index is 1.98. The second-order valence-electron chi connectivity index (χ2n) is 4.63. The Kier molecular flexibility index (Phi) is 3.96. The normalized spacial score (nSPS) is 22.5. The van der Waals surface area contributed by atoms with Crippen LogP contribution in [0.4, 0.5) is 0 Å². The van der Waals surface area contributed by atoms with E-state index in [1.165, 1.54) is 25.0 Å². The van der Waals surface area contributed by atoms with E-state index in [0.29, 0.717) is 12.6 Å². The van der Waals surface area contributed by atoms with Gasteiger partial charge in [0.15, 0.2) is 0 Å². The number of likely N-dealkylation sites (tertiary alicyclic amines) is 1. The summed E-state index contributed by atoms with van der Waals surface area (Å²) in [6.45, 7) is 2.41. The van der Waals surface area contributed by atoms with E-state index in [2.05, 4.69) is 14.5 Å². The molecular formula is C12H21N3O. The molecule has 1 fully saturated rings. The van der Waals surface area contributed by atoms with Crippen molar-refractivity contribution in [1.82, 2.24) is 14.5 Å². The van der Waals surface area contributed by atoms with E-state index in [1.54, 1.807) is 0 Å². The minimum Gasteiger partial charge on any atom is -0.396 e. The molecule has 2 heterocycles. The van der Waals surface area contributed by atoms with Crippen molar-refractivity contribution in [3.8, 4) is 0 Å². The molecule has 1 aromatic heterocycles. The van der Waals surface area contributed by atoms with E-state index in [1.807, 2.05) is 19.6 Å². The van der Waals surface area contributed by atoms with Gasteiger partial charge in [-0.05, 0) is 25.8 Å². The maximum absolute atomic E-state index is 9.07. The number of hydrogen-bond donors (Lipinski definition) is 1. The fraction of sp³-hybridized carbons (Fsp3) is 0.750. The Hall–Kier alpha value is -0.870. The van der Waals surface area contributed by atoms with Crippen LogP contribution >= 0.6 is 0 Å². The smallest absolute Gasteiger partial charge is 0.0945 e. The van der Waals surface area contributed by atoms with Gasteiger partial charge >= 0.3 is 0 Å². The van der Waals surface area contributed by atoms with Gasteiger partial charge in [0, 0.05) is 32.4 Å². The molecular weight excluding hydrogens is 202 g/mol. The number of nitrogens with zero attached hydrogens (tertiary/aromatic N) is 3. The van der Waals surface area contributed by atoms with Crippen LogP contribution in [0.25, 0.3) is 0 Å². The fourth-order valence-electron chi connectivity index (χ4n) is 2.49. The third-order valence-corrected chi connectivity index (χ3v) is 3.49. The van der Waals surface area contributed by atoms with Crippen molar-refractivity contribution in [1.29, 1.82) is 0 Å². The van der Waals surface area contributed by atoms with Gasteiger partial charge in [0.25, 0.3) is 0 Å². The molecule has 0 aromatic carbocycles. The van der Waals surface area contributed by atoms with E-state index in [0.717, 1.165) is 19.5 Å². The summed E-state index contributed by atoms with van der Waals surface area (Å²) in [6.07, 6.45) is 8.48. The van der Waals surface area contributed by atoms with Gasteiger partial charge in [-0.3, -0.25) is 4.90 Å². The number of rotatable bonds is 4. The monoisotopic (exact) mass is 223 g/mol. The number of aliphatic hydroxyl groups excluding tert-OH is 1. The third kappa shape index (κ3) is 2.62. The molecule has 16 heavy (non-hydrogen) atoms. The van der Waals surface area contributed by atoms with E-state index >= 15 is 0 Å². The van der Waals surface area contributed by atoms with E-state index in [9.17, 15) is 0 Å². The number of aliphatic hydroxyl groups is 1. The van der Waals surface area contributed by atoms with Crippen LogP contribution in [0.2, 0.25) is 0 Å². The molecule has 1 aliphatic rings. The van der Waals surface area contributed by atoms with Crippen molar-refractivity contribution in [2.24, 2.45) is 7.05 Å². The van der Waals surface area contributed by atoms with Gasteiger partial charge in [0.1, 0.15) is 0 Å². The average Bonchev–Trinajstić information content (AvgIpc) is 2.68. The molecule has 1 unspecified atom stereocenters. The van der Waals surface area contributed by atoms with Gasteiger partial charge in [-0.1, -0.05) is 6.42 Å². The van der Waals surface area contributed by atoms with Crippen LogP contribution in [-0.2, 0) is 13.6 Å². The van der Waals surface area contributed by atoms with Crippen molar-refractivity contribution in [2.75, 3.05) is 13.2 Å². The molecule has 4 heteroatoms. The highest BCUT2D eigenvalue weighted by molar-refractivity contribution is 4.98. The maximum Gasteiger partial charge on any atom is 0.0945 e. The lowest BCUT2D eigenvalue weighted by Gasteiger charge is -2.35. The second kappa shape index (κ2) is 5.46. The van der Waals surface area contributed by atoms with Crippen LogP contribution in [0.1, 0.15) is 31.4 Å². The first kappa shape index (κ1) is 11.6. The summed E-state index contributed by atoms with van der Waals surface area (Å²) in [6, 6.07) is 0.550. The third-order valence-electron chi connectivity index (χ3n) is 3.49. The Bertz CT molecular complexity index is 322. The van der Waals surface area contributed by atoms with Gasteiger partial charge in [-0.25, -0.2) is 4.98 Å². The lowest BCUT2D eigenvalue weighted by atomic mass is 9.99. The average molecular weight is 223 g/mol. The van der Waals surface area contributed by atoms with Crippen molar-refractivity contribution in [2.45, 2.75) is 38.3 Å². The summed E-state index contributed by atoms with van der Waals surface area (Å²) in [5.41, 5.74) is 1.25. The number of aromatic nitrogens is 2. The highest BCUT2D eigenvalue weighted by Gasteiger charge is 2.22. The molecule has 0 spiro atoms. The van der Waals surface area contributed by atoms with Crippen molar-refractivity contribution in [3.63, 3.8) is 0 Å². The molecule has 1 atom stereocenters. The molecule has 0 amide bonds. The Morgan fingerprint density at radius 3 is 3.06 bits per heavy atom. The van der Waals surface area contributed by atoms with Crippen molar-refractivity contribution < 1.29 is 5.11 Å². The summed E-state index contributed by atoms with van der Waals surface area (Å²) in [5, 5.41) is 9.07. The van der Waals surface area contributed by atoms with Crippen LogP contribution in [0.5, 0.6) is 0 Å². The molecule has 1 aromatic rings. The first-order valence-corrected chi connectivity index (χ1v) is 6.11. The SMILES string of the molecule is Cn1cncc1CN1CCCCC1CCO. The van der Waals surface area contributed by atoms with E-state index in [4.69, 9.17) is 5.11 Å². The summed E-state index contributed by atoms with van der Waals surface area (Å²) in [5.74, 6) is 0. The lowest BCUT2D eigenvalue weighted by molar-refractivity contribution is 0.110. The predicted molar refractivity (Wildman–Crippen MR) is 63.0 cm³/mol. The standard InChI is InChI=1S/C12H21N3O/c1-14-10-13-8-12(14)9-15-6-3-2-4-11(15)5-7-16/h8,10-11,16H,2-7,9H2,1H3. The Morgan fingerprint density at radius 2 is 2.38 bits per heavy atom. The zero-order valence-corrected chi connectivity index (χ0v) is 9.97. The molecule has 90 valence electrons. The molecule has 0 saturated carbocycles. The van der Waals surface area contributed by atoms with Crippen molar-refractivity contribution >= 4 is 0 Å². The summed E-state index contributed by atoms with van der Waals surface area (Å²) >= 11 is 0. The quantitative estimate of drug-likeness (QED) is 0.832. The van der Waals surface area contributed by atoms with Gasteiger partial charge in [0.05, 0.1) is 12.0 Å². The molecule has 0 aliphatic carbocycles. The Morgan fingerprint density at radius 1 is 1.50 bits per heavy atom. The lowest BCUT2D eigenvalue weighted by Crippen LogP contribution is -2.39. The molecule has 4 nitrogen and oxygen atoms in total. The first-order chi connectivity index (χ1) is 7.81. The zero-order chi connectivity index (χ0) is 11.4. The molecule has 2 rings (SSSR count). The van der Waals surface area contributed by atoms with E-state index in [-0.39, 0.29) is 0 Å². The molecule has 1 N–H and O–H groups in total. The van der Waals surface area contributed by atoms with Gasteiger partial charge < -0.3 is 9.67 Å². The van der Waals surface area contributed by atoms with Gasteiger partial charge in [0.2, 0.25) is 0 Å². The summed E-state index contributed by atoms with van der Waals surface area (Å²) in [4.78, 5) is 6.63. The molecule has 0 radical (unpaired) electrons. The Labute approximate surface area is 96.9 Å². The number of piperidine rings is 1. The highest BCUT2D eigenvalue weighted by atomic mass is 16.3. The van der Waals surface area contributed by atoms with Gasteiger partial charge in [-0.15, -0.1) is 0 Å². The zero-order valence-electron chi connectivity index (χ0n) is 9.97. The summed E-state index contributed by atoms with van der Waals surface area (Å²) < 4.78 is 2.07. The predicted octanol–water partition coefficient (Wildman–Crippen LogP) is 1.16.